The quantitative estimate of drug-likeness (QED) is 0.875. The summed E-state index contributed by atoms with van der Waals surface area (Å²) in [5.74, 6) is -0.0314. The molecule has 0 bridgehead atoms. The summed E-state index contributed by atoms with van der Waals surface area (Å²) in [5, 5.41) is 5.02. The molecule has 0 saturated heterocycles. The predicted octanol–water partition coefficient (Wildman–Crippen LogP) is 1.43. The van der Waals surface area contributed by atoms with Gasteiger partial charge in [0, 0.05) is 0 Å². The van der Waals surface area contributed by atoms with Crippen LogP contribution in [-0.4, -0.2) is 22.6 Å². The van der Waals surface area contributed by atoms with E-state index in [9.17, 15) is 16.8 Å². The van der Waals surface area contributed by atoms with Crippen LogP contribution >= 0.6 is 0 Å². The molecule has 0 radical (unpaired) electrons. The Morgan fingerprint density at radius 2 is 1.70 bits per heavy atom. The zero-order chi connectivity index (χ0) is 15.8. The molecule has 0 aliphatic carbocycles. The van der Waals surface area contributed by atoms with E-state index in [4.69, 9.17) is 5.14 Å². The van der Waals surface area contributed by atoms with Crippen LogP contribution in [0.5, 0.6) is 0 Å². The molecular weight excluding hydrogens is 300 g/mol. The lowest BCUT2D eigenvalue weighted by Crippen LogP contribution is -2.26. The fourth-order valence-electron chi connectivity index (χ4n) is 1.70. The fraction of sp³-hybridized carbons (Fsp3) is 0.500. The first-order valence-electron chi connectivity index (χ1n) is 5.94. The van der Waals surface area contributed by atoms with Crippen molar-refractivity contribution in [2.45, 2.75) is 32.6 Å². The van der Waals surface area contributed by atoms with Crippen molar-refractivity contribution in [2.24, 2.45) is 10.6 Å². The van der Waals surface area contributed by atoms with Crippen LogP contribution in [0.15, 0.2) is 23.1 Å². The Morgan fingerprint density at radius 3 is 2.10 bits per heavy atom. The van der Waals surface area contributed by atoms with Crippen LogP contribution in [0.1, 0.15) is 26.3 Å². The third-order valence-corrected chi connectivity index (χ3v) is 5.10. The maximum absolute atomic E-state index is 12.0. The molecule has 0 aromatic heterocycles. The molecule has 114 valence electrons. The summed E-state index contributed by atoms with van der Waals surface area (Å²) in [7, 11) is -7.29. The molecule has 0 unspecified atom stereocenters. The maximum atomic E-state index is 12.0. The number of primary sulfonamides is 1. The molecule has 0 aliphatic heterocycles. The van der Waals surface area contributed by atoms with Crippen LogP contribution in [0.4, 0.5) is 5.69 Å². The van der Waals surface area contributed by atoms with Crippen LogP contribution in [-0.2, 0) is 20.0 Å². The Kier molecular flexibility index (Phi) is 4.52. The Bertz CT molecular complexity index is 701. The first-order valence-corrected chi connectivity index (χ1v) is 9.14. The standard InChI is InChI=1S/C12H20N2O4S2/c1-9-7-10(20(13,17)18)5-6-11(9)14-19(15,16)8-12(2,3)4/h5-7,14H,8H2,1-4H3,(H2,13,17,18). The molecule has 0 saturated carbocycles. The minimum atomic E-state index is -3.79. The van der Waals surface area contributed by atoms with Crippen LogP contribution in [0.2, 0.25) is 0 Å². The zero-order valence-corrected chi connectivity index (χ0v) is 13.6. The highest BCUT2D eigenvalue weighted by molar-refractivity contribution is 7.92. The zero-order valence-electron chi connectivity index (χ0n) is 12.0. The number of rotatable bonds is 4. The number of nitrogens with two attached hydrogens (primary N) is 1. The van der Waals surface area contributed by atoms with Gasteiger partial charge in [-0.2, -0.15) is 0 Å². The lowest BCUT2D eigenvalue weighted by Gasteiger charge is -2.19. The van der Waals surface area contributed by atoms with Crippen molar-refractivity contribution in [1.29, 1.82) is 0 Å². The summed E-state index contributed by atoms with van der Waals surface area (Å²) in [6, 6.07) is 4.01. The average Bonchev–Trinajstić information content (AvgIpc) is 2.15. The molecule has 0 fully saturated rings. The van der Waals surface area contributed by atoms with Crippen molar-refractivity contribution in [3.05, 3.63) is 23.8 Å². The van der Waals surface area contributed by atoms with Gasteiger partial charge in [-0.1, -0.05) is 20.8 Å². The molecule has 6 nitrogen and oxygen atoms in total. The highest BCUT2D eigenvalue weighted by atomic mass is 32.2. The van der Waals surface area contributed by atoms with Gasteiger partial charge < -0.3 is 0 Å². The van der Waals surface area contributed by atoms with Crippen LogP contribution in [0, 0.1) is 12.3 Å². The Morgan fingerprint density at radius 1 is 1.15 bits per heavy atom. The topological polar surface area (TPSA) is 106 Å². The monoisotopic (exact) mass is 320 g/mol. The minimum absolute atomic E-state index is 0.0314. The van der Waals surface area contributed by atoms with Gasteiger partial charge >= 0.3 is 0 Å². The summed E-state index contributed by atoms with van der Waals surface area (Å²) in [5.41, 5.74) is 0.468. The van der Waals surface area contributed by atoms with Gasteiger partial charge in [-0.15, -0.1) is 0 Å². The SMILES string of the molecule is Cc1cc(S(N)(=O)=O)ccc1NS(=O)(=O)CC(C)(C)C. The van der Waals surface area contributed by atoms with Gasteiger partial charge in [-0.3, -0.25) is 4.72 Å². The summed E-state index contributed by atoms with van der Waals surface area (Å²) >= 11 is 0. The molecule has 0 aliphatic rings. The first kappa shape index (κ1) is 16.9. The van der Waals surface area contributed by atoms with Gasteiger partial charge in [-0.05, 0) is 36.1 Å². The second kappa shape index (κ2) is 5.34. The molecule has 0 atom stereocenters. The minimum Gasteiger partial charge on any atom is -0.283 e. The second-order valence-corrected chi connectivity index (χ2v) is 9.23. The Labute approximate surface area is 120 Å². The van der Waals surface area contributed by atoms with E-state index in [1.807, 2.05) is 20.8 Å². The lowest BCUT2D eigenvalue weighted by molar-refractivity contribution is 0.463. The van der Waals surface area contributed by atoms with Crippen molar-refractivity contribution < 1.29 is 16.8 Å². The molecule has 1 aromatic rings. The molecule has 0 heterocycles. The fourth-order valence-corrected chi connectivity index (χ4v) is 4.08. The molecule has 8 heteroatoms. The Hall–Kier alpha value is -1.12. The highest BCUT2D eigenvalue weighted by Crippen LogP contribution is 2.22. The van der Waals surface area contributed by atoms with E-state index in [2.05, 4.69) is 4.72 Å². The van der Waals surface area contributed by atoms with E-state index in [0.29, 0.717) is 11.3 Å². The molecular formula is C12H20N2O4S2. The second-order valence-electron chi connectivity index (χ2n) is 5.94. The van der Waals surface area contributed by atoms with Crippen molar-refractivity contribution in [3.8, 4) is 0 Å². The van der Waals surface area contributed by atoms with Crippen molar-refractivity contribution in [1.82, 2.24) is 0 Å². The summed E-state index contributed by atoms with van der Waals surface area (Å²) < 4.78 is 48.9. The number of hydrogen-bond acceptors (Lipinski definition) is 4. The van der Waals surface area contributed by atoms with Crippen molar-refractivity contribution in [2.75, 3.05) is 10.5 Å². The van der Waals surface area contributed by atoms with Crippen LogP contribution in [0.3, 0.4) is 0 Å². The number of aryl methyl sites for hydroxylation is 1. The van der Waals surface area contributed by atoms with E-state index in [-0.39, 0.29) is 16.1 Å². The van der Waals surface area contributed by atoms with Gasteiger partial charge in [0.2, 0.25) is 20.0 Å². The van der Waals surface area contributed by atoms with E-state index >= 15 is 0 Å². The molecule has 3 N–H and O–H groups in total. The maximum Gasteiger partial charge on any atom is 0.238 e. The van der Waals surface area contributed by atoms with Gasteiger partial charge in [0.15, 0.2) is 0 Å². The number of hydrogen-bond donors (Lipinski definition) is 2. The van der Waals surface area contributed by atoms with E-state index in [1.165, 1.54) is 18.2 Å². The summed E-state index contributed by atoms with van der Waals surface area (Å²) in [4.78, 5) is -0.0474. The molecule has 20 heavy (non-hydrogen) atoms. The van der Waals surface area contributed by atoms with Gasteiger partial charge in [0.1, 0.15) is 0 Å². The largest absolute Gasteiger partial charge is 0.283 e. The number of nitrogens with one attached hydrogen (secondary N) is 1. The predicted molar refractivity (Wildman–Crippen MR) is 79.4 cm³/mol. The Balaban J connectivity index is 3.07. The smallest absolute Gasteiger partial charge is 0.238 e. The van der Waals surface area contributed by atoms with Gasteiger partial charge in [0.05, 0.1) is 16.3 Å². The van der Waals surface area contributed by atoms with Crippen molar-refractivity contribution in [3.63, 3.8) is 0 Å². The third-order valence-electron chi connectivity index (χ3n) is 2.41. The highest BCUT2D eigenvalue weighted by Gasteiger charge is 2.22. The third kappa shape index (κ3) is 5.10. The van der Waals surface area contributed by atoms with Crippen LogP contribution < -0.4 is 9.86 Å². The number of anilines is 1. The molecule has 1 aromatic carbocycles. The average molecular weight is 320 g/mol. The molecule has 0 amide bonds. The first-order chi connectivity index (χ1) is 8.80. The lowest BCUT2D eigenvalue weighted by atomic mass is 10.0. The van der Waals surface area contributed by atoms with E-state index in [0.717, 1.165) is 0 Å². The number of benzene rings is 1. The van der Waals surface area contributed by atoms with Gasteiger partial charge in [0.25, 0.3) is 0 Å². The van der Waals surface area contributed by atoms with Crippen molar-refractivity contribution >= 4 is 25.7 Å². The van der Waals surface area contributed by atoms with E-state index in [1.54, 1.807) is 6.92 Å². The molecule has 0 spiro atoms. The van der Waals surface area contributed by atoms with Crippen LogP contribution in [0.25, 0.3) is 0 Å². The summed E-state index contributed by atoms with van der Waals surface area (Å²) in [6.45, 7) is 7.08. The molecule has 1 rings (SSSR count). The van der Waals surface area contributed by atoms with Gasteiger partial charge in [-0.25, -0.2) is 22.0 Å². The normalized spacial score (nSPS) is 13.2. The van der Waals surface area contributed by atoms with E-state index < -0.39 is 20.0 Å². The summed E-state index contributed by atoms with van der Waals surface area (Å²) in [6.07, 6.45) is 0. The number of sulfonamides is 2.